The molecule has 19 heavy (non-hydrogen) atoms. The van der Waals surface area contributed by atoms with Gasteiger partial charge in [-0.1, -0.05) is 36.4 Å². The molecule has 0 aliphatic rings. The van der Waals surface area contributed by atoms with Gasteiger partial charge in [0.15, 0.2) is 0 Å². The second kappa shape index (κ2) is 11.6. The first-order valence-corrected chi connectivity index (χ1v) is 7.06. The average Bonchev–Trinajstić information content (AvgIpc) is 2.31. The topological polar surface area (TPSA) is 0 Å². The van der Waals surface area contributed by atoms with E-state index < -0.39 is 7.26 Å². The van der Waals surface area contributed by atoms with Crippen LogP contribution in [0.15, 0.2) is 60.7 Å². The molecule has 0 unspecified atom stereocenters. The molecule has 112 valence electrons. The van der Waals surface area contributed by atoms with Crippen molar-refractivity contribution in [3.05, 3.63) is 74.0 Å². The summed E-state index contributed by atoms with van der Waals surface area (Å²) in [6, 6.07) is 20.7. The van der Waals surface area contributed by atoms with E-state index in [2.05, 4.69) is 37.6 Å². The molecule has 0 spiro atoms. The van der Waals surface area contributed by atoms with Crippen LogP contribution < -0.4 is 35.4 Å². The molecule has 0 aromatic heterocycles. The first kappa shape index (κ1) is 24.9. The minimum atomic E-state index is -1.65. The van der Waals surface area contributed by atoms with Crippen molar-refractivity contribution < 1.29 is 69.6 Å². The summed E-state index contributed by atoms with van der Waals surface area (Å²) in [7, 11) is -1.65. The molecule has 0 bridgehead atoms. The molecule has 0 saturated heterocycles. The van der Waals surface area contributed by atoms with Gasteiger partial charge in [0.05, 0.1) is 0 Å². The van der Waals surface area contributed by atoms with Crippen LogP contribution >= 0.6 is 7.26 Å². The number of rotatable bonds is 2. The molecule has 0 radical (unpaired) electrons. The normalized spacial score (nSPS) is 8.95. The van der Waals surface area contributed by atoms with E-state index in [-0.39, 0.29) is 69.6 Å². The van der Waals surface area contributed by atoms with Gasteiger partial charge in [0.1, 0.15) is 0 Å². The smallest absolute Gasteiger partial charge is 1.00 e. The molecule has 2 aromatic rings. The molecule has 0 amide bonds. The van der Waals surface area contributed by atoms with E-state index in [0.717, 1.165) is 0 Å². The standard InChI is InChI=1S/C14H14P.2Au.2ClH/c1-15(2,13-9-5-3-6-10-13)14-11-7-4-8-12-14;;;;/h3-12H,1-2H2;;;2*1H/q-1;2*+1;;/p-2. The van der Waals surface area contributed by atoms with E-state index in [1.54, 1.807) is 0 Å². The maximum atomic E-state index is 4.31. The molecule has 0 heterocycles. The molecule has 2 aromatic carbocycles. The third kappa shape index (κ3) is 6.48. The van der Waals surface area contributed by atoms with Crippen molar-refractivity contribution in [3.63, 3.8) is 0 Å². The molecule has 0 atom stereocenters. The van der Waals surface area contributed by atoms with E-state index in [1.807, 2.05) is 36.4 Å². The molecular weight excluding hydrogens is 664 g/mol. The monoisotopic (exact) mass is 677 g/mol. The molecule has 2 rings (SSSR count). The molecule has 0 aliphatic heterocycles. The second-order valence-corrected chi connectivity index (χ2v) is 6.61. The summed E-state index contributed by atoms with van der Waals surface area (Å²) in [6.45, 7) is 8.62. The number of hydrogen-bond donors (Lipinski definition) is 0. The summed E-state index contributed by atoms with van der Waals surface area (Å²) in [5, 5.41) is 2.49. The summed E-state index contributed by atoms with van der Waals surface area (Å²) >= 11 is 0. The maximum Gasteiger partial charge on any atom is 1.00 e. The van der Waals surface area contributed by atoms with Gasteiger partial charge >= 0.3 is 44.8 Å². The van der Waals surface area contributed by atoms with E-state index in [1.165, 1.54) is 10.6 Å². The van der Waals surface area contributed by atoms with Crippen molar-refractivity contribution >= 4 is 17.9 Å². The minimum absolute atomic E-state index is 0. The van der Waals surface area contributed by atoms with E-state index in [9.17, 15) is 0 Å². The zero-order valence-electron chi connectivity index (χ0n) is 9.99. The molecule has 0 N–H and O–H groups in total. The van der Waals surface area contributed by atoms with E-state index in [4.69, 9.17) is 0 Å². The Morgan fingerprint density at radius 1 is 0.579 bits per heavy atom. The largest absolute Gasteiger partial charge is 1.00 e. The van der Waals surface area contributed by atoms with Crippen molar-refractivity contribution in [1.82, 2.24) is 0 Å². The van der Waals surface area contributed by atoms with E-state index >= 15 is 0 Å². The van der Waals surface area contributed by atoms with Gasteiger partial charge in [-0.3, -0.25) is 0 Å². The number of benzene rings is 2. The summed E-state index contributed by atoms with van der Waals surface area (Å²) in [5.74, 6) is 0. The van der Waals surface area contributed by atoms with Gasteiger partial charge in [-0.05, 0) is 24.3 Å². The van der Waals surface area contributed by atoms with Crippen molar-refractivity contribution in [2.75, 3.05) is 0 Å². The van der Waals surface area contributed by atoms with Gasteiger partial charge in [0.25, 0.3) is 0 Å². The quantitative estimate of drug-likeness (QED) is 0.184. The summed E-state index contributed by atoms with van der Waals surface area (Å²) < 4.78 is 0. The first-order chi connectivity index (χ1) is 7.21. The van der Waals surface area contributed by atoms with Crippen LogP contribution in [-0.4, -0.2) is 0 Å². The van der Waals surface area contributed by atoms with Crippen LogP contribution in [0.5, 0.6) is 0 Å². The minimum Gasteiger partial charge on any atom is -1.00 e. The number of hydrogen-bond acceptors (Lipinski definition) is 0. The average molecular weight is 678 g/mol. The fourth-order valence-electron chi connectivity index (χ4n) is 1.58. The first-order valence-electron chi connectivity index (χ1n) is 4.90. The third-order valence-electron chi connectivity index (χ3n) is 2.50. The third-order valence-corrected chi connectivity index (χ3v) is 5.07. The van der Waals surface area contributed by atoms with Crippen LogP contribution in [0.2, 0.25) is 0 Å². The van der Waals surface area contributed by atoms with Gasteiger partial charge in [0.2, 0.25) is 0 Å². The molecule has 0 fully saturated rings. The predicted molar refractivity (Wildman–Crippen MR) is 69.8 cm³/mol. The molecule has 5 heteroatoms. The predicted octanol–water partition coefficient (Wildman–Crippen LogP) is -2.76. The van der Waals surface area contributed by atoms with Crippen molar-refractivity contribution in [1.29, 1.82) is 0 Å². The Labute approximate surface area is 160 Å². The van der Waals surface area contributed by atoms with Gasteiger partial charge in [0, 0.05) is 10.6 Å². The van der Waals surface area contributed by atoms with Crippen LogP contribution in [-0.2, 0) is 44.8 Å². The maximum absolute atomic E-state index is 4.31. The SMILES string of the molecule is [Au+].[Au+].[CH2-][P+]([CH2-])(c1ccccc1)c1ccccc1.[Cl-].[Cl-]. The van der Waals surface area contributed by atoms with Crippen LogP contribution in [0.3, 0.4) is 0 Å². The van der Waals surface area contributed by atoms with Crippen molar-refractivity contribution in [2.45, 2.75) is 0 Å². The van der Waals surface area contributed by atoms with Gasteiger partial charge in [-0.2, -0.15) is 20.6 Å². The molecule has 0 aliphatic carbocycles. The van der Waals surface area contributed by atoms with Crippen LogP contribution in [0.1, 0.15) is 0 Å². The molecule has 0 nitrogen and oxygen atoms in total. The summed E-state index contributed by atoms with van der Waals surface area (Å²) in [6.07, 6.45) is 0. The van der Waals surface area contributed by atoms with E-state index in [0.29, 0.717) is 0 Å². The zero-order valence-corrected chi connectivity index (χ0v) is 16.7. The Hall–Kier alpha value is 0.931. The summed E-state index contributed by atoms with van der Waals surface area (Å²) in [5.41, 5.74) is 0. The zero-order chi connectivity index (χ0) is 10.7. The van der Waals surface area contributed by atoms with Crippen LogP contribution in [0.4, 0.5) is 0 Å². The Balaban J connectivity index is -0.000000640. The van der Waals surface area contributed by atoms with Crippen LogP contribution in [0, 0.1) is 13.3 Å². The van der Waals surface area contributed by atoms with Crippen molar-refractivity contribution in [3.8, 4) is 0 Å². The summed E-state index contributed by atoms with van der Waals surface area (Å²) in [4.78, 5) is 0. The van der Waals surface area contributed by atoms with Gasteiger partial charge in [-0.15, -0.1) is 0 Å². The van der Waals surface area contributed by atoms with Crippen molar-refractivity contribution in [2.24, 2.45) is 0 Å². The Morgan fingerprint density at radius 2 is 0.842 bits per heavy atom. The molecule has 0 saturated carbocycles. The fraction of sp³-hybridized carbons (Fsp3) is 0. The fourth-order valence-corrected chi connectivity index (χ4v) is 3.36. The number of halogens is 2. The van der Waals surface area contributed by atoms with Gasteiger partial charge < -0.3 is 24.8 Å². The Kier molecular flexibility index (Phi) is 15.2. The Bertz CT molecular complexity index is 394. The Morgan fingerprint density at radius 3 is 1.11 bits per heavy atom. The second-order valence-electron chi connectivity index (χ2n) is 3.64. The molecular formula is C14H14Au2Cl2P-. The van der Waals surface area contributed by atoms with Crippen LogP contribution in [0.25, 0.3) is 0 Å². The van der Waals surface area contributed by atoms with Gasteiger partial charge in [-0.25, -0.2) is 0 Å².